The Morgan fingerprint density at radius 3 is 2.79 bits per heavy atom. The molecule has 1 aliphatic heterocycles. The van der Waals surface area contributed by atoms with Crippen molar-refractivity contribution in [2.45, 2.75) is 25.3 Å². The molecule has 0 saturated carbocycles. The lowest BCUT2D eigenvalue weighted by molar-refractivity contribution is -0.135. The van der Waals surface area contributed by atoms with Crippen molar-refractivity contribution in [1.82, 2.24) is 14.2 Å². The zero-order chi connectivity index (χ0) is 17.3. The quantitative estimate of drug-likeness (QED) is 0.919. The van der Waals surface area contributed by atoms with E-state index in [9.17, 15) is 13.2 Å². The van der Waals surface area contributed by atoms with Crippen LogP contribution < -0.4 is 0 Å². The van der Waals surface area contributed by atoms with Gasteiger partial charge < -0.3 is 9.88 Å². The van der Waals surface area contributed by atoms with Crippen LogP contribution in [0.5, 0.6) is 0 Å². The number of hydrogen-bond donors (Lipinski definition) is 1. The van der Waals surface area contributed by atoms with Gasteiger partial charge in [-0.3, -0.25) is 4.79 Å². The van der Waals surface area contributed by atoms with Gasteiger partial charge in [0.25, 0.3) is 0 Å². The van der Waals surface area contributed by atoms with Gasteiger partial charge in [0.15, 0.2) is 0 Å². The van der Waals surface area contributed by atoms with Gasteiger partial charge >= 0.3 is 0 Å². The minimum absolute atomic E-state index is 0.0217. The molecule has 24 heavy (non-hydrogen) atoms. The zero-order valence-electron chi connectivity index (χ0n) is 14.0. The van der Waals surface area contributed by atoms with Crippen LogP contribution in [0, 0.1) is 0 Å². The highest BCUT2D eigenvalue weighted by Gasteiger charge is 2.30. The van der Waals surface area contributed by atoms with Crippen LogP contribution in [-0.4, -0.2) is 54.9 Å². The van der Waals surface area contributed by atoms with E-state index in [-0.39, 0.29) is 18.5 Å². The second-order valence-corrected chi connectivity index (χ2v) is 8.52. The molecule has 0 spiro atoms. The maximum Gasteiger partial charge on any atom is 0.238 e. The van der Waals surface area contributed by atoms with E-state index in [2.05, 4.69) is 11.1 Å². The van der Waals surface area contributed by atoms with Gasteiger partial charge in [0.1, 0.15) is 0 Å². The lowest BCUT2D eigenvalue weighted by Gasteiger charge is -2.36. The SMILES string of the molecule is CN(CC(=O)N1CCCC[C@@H]1c1cc2ccccc2[nH]1)S(C)(=O)=O. The fraction of sp³-hybridized carbons (Fsp3) is 0.471. The van der Waals surface area contributed by atoms with Gasteiger partial charge in [-0.2, -0.15) is 4.31 Å². The number of sulfonamides is 1. The molecular weight excluding hydrogens is 326 g/mol. The summed E-state index contributed by atoms with van der Waals surface area (Å²) in [6.07, 6.45) is 4.02. The molecule has 0 bridgehead atoms. The van der Waals surface area contributed by atoms with Crippen molar-refractivity contribution in [2.24, 2.45) is 0 Å². The third kappa shape index (κ3) is 3.47. The van der Waals surface area contributed by atoms with E-state index < -0.39 is 10.0 Å². The summed E-state index contributed by atoms with van der Waals surface area (Å²) in [4.78, 5) is 17.9. The number of nitrogens with zero attached hydrogens (tertiary/aromatic N) is 2. The zero-order valence-corrected chi connectivity index (χ0v) is 14.8. The first-order valence-electron chi connectivity index (χ1n) is 8.14. The van der Waals surface area contributed by atoms with Crippen LogP contribution in [0.1, 0.15) is 31.0 Å². The number of nitrogens with one attached hydrogen (secondary N) is 1. The maximum absolute atomic E-state index is 12.7. The number of benzene rings is 1. The molecule has 1 saturated heterocycles. The number of amides is 1. The molecule has 1 atom stereocenters. The number of aromatic amines is 1. The molecule has 2 aromatic rings. The highest BCUT2D eigenvalue weighted by Crippen LogP contribution is 2.32. The first-order chi connectivity index (χ1) is 11.4. The van der Waals surface area contributed by atoms with Gasteiger partial charge in [-0.25, -0.2) is 8.42 Å². The van der Waals surface area contributed by atoms with Crippen molar-refractivity contribution in [3.63, 3.8) is 0 Å². The topological polar surface area (TPSA) is 73.5 Å². The van der Waals surface area contributed by atoms with E-state index in [1.54, 1.807) is 0 Å². The van der Waals surface area contributed by atoms with E-state index in [1.165, 1.54) is 7.05 Å². The first-order valence-corrected chi connectivity index (χ1v) is 9.99. The van der Waals surface area contributed by atoms with Crippen LogP contribution in [0.2, 0.25) is 0 Å². The van der Waals surface area contributed by atoms with E-state index >= 15 is 0 Å². The maximum atomic E-state index is 12.7. The summed E-state index contributed by atoms with van der Waals surface area (Å²) >= 11 is 0. The Kier molecular flexibility index (Phi) is 4.64. The van der Waals surface area contributed by atoms with Gasteiger partial charge in [0, 0.05) is 24.8 Å². The fourth-order valence-corrected chi connectivity index (χ4v) is 3.57. The second-order valence-electron chi connectivity index (χ2n) is 6.43. The molecule has 1 aliphatic rings. The number of likely N-dealkylation sites (tertiary alicyclic amines) is 1. The summed E-state index contributed by atoms with van der Waals surface area (Å²) in [6.45, 7) is 0.548. The van der Waals surface area contributed by atoms with Crippen LogP contribution in [0.4, 0.5) is 0 Å². The van der Waals surface area contributed by atoms with Crippen LogP contribution in [-0.2, 0) is 14.8 Å². The fourth-order valence-electron chi connectivity index (χ4n) is 3.23. The third-order valence-electron chi connectivity index (χ3n) is 4.66. The summed E-state index contributed by atoms with van der Waals surface area (Å²) in [5, 5.41) is 1.12. The Morgan fingerprint density at radius 2 is 2.08 bits per heavy atom. The van der Waals surface area contributed by atoms with Crippen LogP contribution in [0.15, 0.2) is 30.3 Å². The highest BCUT2D eigenvalue weighted by atomic mass is 32.2. The molecule has 0 aliphatic carbocycles. The molecule has 130 valence electrons. The summed E-state index contributed by atoms with van der Waals surface area (Å²) < 4.78 is 24.2. The molecule has 7 heteroatoms. The molecule has 0 unspecified atom stereocenters. The van der Waals surface area contributed by atoms with Crippen LogP contribution in [0.3, 0.4) is 0 Å². The molecule has 1 fully saturated rings. The Hall–Kier alpha value is -1.86. The largest absolute Gasteiger partial charge is 0.357 e. The number of para-hydroxylation sites is 1. The van der Waals surface area contributed by atoms with Gasteiger partial charge in [-0.15, -0.1) is 0 Å². The third-order valence-corrected chi connectivity index (χ3v) is 5.92. The molecule has 1 aromatic heterocycles. The standard InChI is InChI=1S/C17H23N3O3S/c1-19(24(2,22)23)12-17(21)20-10-6-5-9-16(20)15-11-13-7-3-4-8-14(13)18-15/h3-4,7-8,11,16,18H,5-6,9-10,12H2,1-2H3/t16-/m1/s1. The molecular formula is C17H23N3O3S. The van der Waals surface area contributed by atoms with Gasteiger partial charge in [0.2, 0.25) is 15.9 Å². The van der Waals surface area contributed by atoms with E-state index in [1.807, 2.05) is 29.2 Å². The number of rotatable bonds is 4. The van der Waals surface area contributed by atoms with E-state index in [0.717, 1.165) is 46.4 Å². The van der Waals surface area contributed by atoms with Crippen LogP contribution >= 0.6 is 0 Å². The number of likely N-dealkylation sites (N-methyl/N-ethyl adjacent to an activating group) is 1. The molecule has 3 rings (SSSR count). The van der Waals surface area contributed by atoms with Crippen molar-refractivity contribution in [3.8, 4) is 0 Å². The van der Waals surface area contributed by atoms with Gasteiger partial charge in [-0.1, -0.05) is 18.2 Å². The molecule has 2 heterocycles. The molecule has 1 aromatic carbocycles. The lowest BCUT2D eigenvalue weighted by Crippen LogP contribution is -2.44. The number of carbonyl (C=O) groups excluding carboxylic acids is 1. The summed E-state index contributed by atoms with van der Waals surface area (Å²) in [5.74, 6) is -0.147. The average Bonchev–Trinajstić information content (AvgIpc) is 2.97. The lowest BCUT2D eigenvalue weighted by atomic mass is 9.99. The average molecular weight is 349 g/mol. The normalized spacial score (nSPS) is 19.1. The van der Waals surface area contributed by atoms with Gasteiger partial charge in [0.05, 0.1) is 18.8 Å². The van der Waals surface area contributed by atoms with E-state index in [0.29, 0.717) is 6.54 Å². The molecule has 6 nitrogen and oxygen atoms in total. The number of H-pyrrole nitrogens is 1. The van der Waals surface area contributed by atoms with Crippen molar-refractivity contribution < 1.29 is 13.2 Å². The molecule has 0 radical (unpaired) electrons. The minimum Gasteiger partial charge on any atom is -0.357 e. The number of piperidine rings is 1. The Balaban J connectivity index is 1.84. The van der Waals surface area contributed by atoms with E-state index in [4.69, 9.17) is 0 Å². The van der Waals surface area contributed by atoms with Crippen molar-refractivity contribution in [2.75, 3.05) is 26.4 Å². The number of aromatic nitrogens is 1. The van der Waals surface area contributed by atoms with Crippen molar-refractivity contribution in [1.29, 1.82) is 0 Å². The molecule has 1 N–H and O–H groups in total. The minimum atomic E-state index is -3.36. The Morgan fingerprint density at radius 1 is 1.33 bits per heavy atom. The smallest absolute Gasteiger partial charge is 0.238 e. The summed E-state index contributed by atoms with van der Waals surface area (Å²) in [5.41, 5.74) is 2.07. The summed E-state index contributed by atoms with van der Waals surface area (Å²) in [7, 11) is -1.92. The van der Waals surface area contributed by atoms with Crippen LogP contribution in [0.25, 0.3) is 10.9 Å². The second kappa shape index (κ2) is 6.57. The Labute approximate surface area is 142 Å². The van der Waals surface area contributed by atoms with Gasteiger partial charge in [-0.05, 0) is 36.8 Å². The Bertz CT molecular complexity index is 811. The molecule has 1 amide bonds. The number of fused-ring (bicyclic) bond motifs is 1. The monoisotopic (exact) mass is 349 g/mol. The number of carbonyl (C=O) groups is 1. The van der Waals surface area contributed by atoms with Crippen molar-refractivity contribution in [3.05, 3.63) is 36.0 Å². The summed E-state index contributed by atoms with van der Waals surface area (Å²) in [6, 6.07) is 10.1. The number of hydrogen-bond acceptors (Lipinski definition) is 3. The predicted molar refractivity (Wildman–Crippen MR) is 94.1 cm³/mol. The predicted octanol–water partition coefficient (Wildman–Crippen LogP) is 2.11. The van der Waals surface area contributed by atoms with Crippen molar-refractivity contribution >= 4 is 26.8 Å². The first kappa shape index (κ1) is 17.0. The highest BCUT2D eigenvalue weighted by molar-refractivity contribution is 7.88.